The van der Waals surface area contributed by atoms with Crippen LogP contribution in [0.3, 0.4) is 0 Å². The van der Waals surface area contributed by atoms with Crippen LogP contribution in [0.15, 0.2) is 158 Å². The highest BCUT2D eigenvalue weighted by molar-refractivity contribution is 7.25. The van der Waals surface area contributed by atoms with Crippen LogP contribution in [0.4, 0.5) is 13.2 Å². The highest BCUT2D eigenvalue weighted by Crippen LogP contribution is 2.42. The monoisotopic (exact) mass is 738 g/mol. The van der Waals surface area contributed by atoms with Crippen molar-refractivity contribution in [3.05, 3.63) is 169 Å². The van der Waals surface area contributed by atoms with Crippen LogP contribution in [-0.4, -0.2) is 19.5 Å². The standard InChI is InChI=1S/C47H29F3N4S/c1-28-16-20-39-35(24-28)36-27-33(47(48,49)50)19-22-40(36)54(39)41-21-17-31(32-18-23-43-37(25-32)34-14-8-9-15-42(34)55-43)26-38(41)46-52-44(29-10-4-2-5-11-29)51-45(53-46)30-12-6-3-7-13-30/h2-27H,1H3. The van der Waals surface area contributed by atoms with Crippen LogP contribution in [0.1, 0.15) is 11.1 Å². The molecule has 4 nitrogen and oxygen atoms in total. The van der Waals surface area contributed by atoms with Gasteiger partial charge in [-0.2, -0.15) is 13.2 Å². The van der Waals surface area contributed by atoms with E-state index in [0.29, 0.717) is 33.9 Å². The number of benzene rings is 7. The first-order valence-electron chi connectivity index (χ1n) is 17.8. The van der Waals surface area contributed by atoms with Gasteiger partial charge in [0, 0.05) is 47.6 Å². The zero-order valence-corrected chi connectivity index (χ0v) is 30.2. The number of thiophene rings is 1. The summed E-state index contributed by atoms with van der Waals surface area (Å²) < 4.78 is 46.8. The molecule has 0 fully saturated rings. The Morgan fingerprint density at radius 1 is 0.473 bits per heavy atom. The minimum absolute atomic E-state index is 0.445. The maximum absolute atomic E-state index is 14.1. The summed E-state index contributed by atoms with van der Waals surface area (Å²) >= 11 is 1.77. The van der Waals surface area contributed by atoms with Gasteiger partial charge in [-0.05, 0) is 78.7 Å². The molecule has 0 spiro atoms. The zero-order chi connectivity index (χ0) is 37.3. The van der Waals surface area contributed by atoms with Crippen LogP contribution in [-0.2, 0) is 6.18 Å². The second-order valence-electron chi connectivity index (χ2n) is 13.7. The molecule has 0 radical (unpaired) electrons. The SMILES string of the molecule is Cc1ccc2c(c1)c1cc(C(F)(F)F)ccc1n2-c1ccc(-c2ccc3sc4ccccc4c3c2)cc1-c1nc(-c2ccccc2)nc(-c2ccccc2)n1. The summed E-state index contributed by atoms with van der Waals surface area (Å²) in [6, 6.07) is 50.6. The van der Waals surface area contributed by atoms with Crippen LogP contribution < -0.4 is 0 Å². The number of rotatable bonds is 5. The Balaban J connectivity index is 1.28. The van der Waals surface area contributed by atoms with E-state index in [2.05, 4.69) is 54.6 Å². The normalized spacial score (nSPS) is 12.0. The molecule has 0 aliphatic carbocycles. The second kappa shape index (κ2) is 12.7. The number of aromatic nitrogens is 4. The molecular formula is C47H29F3N4S. The predicted molar refractivity (Wildman–Crippen MR) is 219 cm³/mol. The molecule has 3 heterocycles. The summed E-state index contributed by atoms with van der Waals surface area (Å²) in [4.78, 5) is 15.2. The van der Waals surface area contributed by atoms with E-state index in [1.807, 2.05) is 96.4 Å². The molecule has 3 aromatic heterocycles. The number of fused-ring (bicyclic) bond motifs is 6. The number of alkyl halides is 3. The lowest BCUT2D eigenvalue weighted by molar-refractivity contribution is -0.137. The van der Waals surface area contributed by atoms with Crippen molar-refractivity contribution in [2.75, 3.05) is 0 Å². The Hall–Kier alpha value is -6.64. The van der Waals surface area contributed by atoms with Crippen molar-refractivity contribution in [1.82, 2.24) is 19.5 Å². The van der Waals surface area contributed by atoms with Crippen molar-refractivity contribution >= 4 is 53.3 Å². The van der Waals surface area contributed by atoms with Crippen LogP contribution >= 0.6 is 11.3 Å². The molecule has 0 aliphatic heterocycles. The first-order chi connectivity index (χ1) is 26.8. The molecule has 0 saturated heterocycles. The molecule has 55 heavy (non-hydrogen) atoms. The molecule has 0 N–H and O–H groups in total. The molecule has 0 saturated carbocycles. The van der Waals surface area contributed by atoms with E-state index in [4.69, 9.17) is 15.0 Å². The largest absolute Gasteiger partial charge is 0.416 e. The molecule has 264 valence electrons. The van der Waals surface area contributed by atoms with Crippen molar-refractivity contribution in [3.63, 3.8) is 0 Å². The topological polar surface area (TPSA) is 43.6 Å². The average Bonchev–Trinajstić information content (AvgIpc) is 3.75. The van der Waals surface area contributed by atoms with Gasteiger partial charge in [-0.1, -0.05) is 103 Å². The minimum atomic E-state index is -4.49. The lowest BCUT2D eigenvalue weighted by atomic mass is 9.99. The van der Waals surface area contributed by atoms with Gasteiger partial charge in [0.1, 0.15) is 0 Å². The quantitative estimate of drug-likeness (QED) is 0.177. The van der Waals surface area contributed by atoms with Gasteiger partial charge in [-0.25, -0.2) is 15.0 Å². The number of halogens is 3. The van der Waals surface area contributed by atoms with Gasteiger partial charge in [0.2, 0.25) is 0 Å². The van der Waals surface area contributed by atoms with Crippen molar-refractivity contribution in [1.29, 1.82) is 0 Å². The smallest absolute Gasteiger partial charge is 0.309 e. The molecule has 0 bridgehead atoms. The van der Waals surface area contributed by atoms with Gasteiger partial charge in [-0.3, -0.25) is 0 Å². The molecular weight excluding hydrogens is 710 g/mol. The average molecular weight is 739 g/mol. The van der Waals surface area contributed by atoms with Crippen LogP contribution in [0.2, 0.25) is 0 Å². The Morgan fingerprint density at radius 2 is 1.05 bits per heavy atom. The Labute approximate surface area is 317 Å². The van der Waals surface area contributed by atoms with Crippen molar-refractivity contribution in [2.24, 2.45) is 0 Å². The fourth-order valence-electron chi connectivity index (χ4n) is 7.50. The third kappa shape index (κ3) is 5.73. The fraction of sp³-hybridized carbons (Fsp3) is 0.0426. The molecule has 0 unspecified atom stereocenters. The molecule has 0 atom stereocenters. The van der Waals surface area contributed by atoms with E-state index in [0.717, 1.165) is 50.5 Å². The maximum atomic E-state index is 14.1. The first kappa shape index (κ1) is 33.0. The number of hydrogen-bond acceptors (Lipinski definition) is 4. The van der Waals surface area contributed by atoms with E-state index < -0.39 is 11.7 Å². The molecule has 0 aliphatic rings. The summed E-state index contributed by atoms with van der Waals surface area (Å²) in [6.07, 6.45) is -4.49. The van der Waals surface area contributed by atoms with Crippen LogP contribution in [0.5, 0.6) is 0 Å². The Kier molecular flexibility index (Phi) is 7.64. The van der Waals surface area contributed by atoms with E-state index in [9.17, 15) is 13.2 Å². The van der Waals surface area contributed by atoms with Crippen LogP contribution in [0, 0.1) is 6.92 Å². The Bertz CT molecular complexity index is 3040. The highest BCUT2D eigenvalue weighted by atomic mass is 32.1. The van der Waals surface area contributed by atoms with Crippen molar-refractivity contribution in [2.45, 2.75) is 13.1 Å². The van der Waals surface area contributed by atoms with Gasteiger partial charge < -0.3 is 4.57 Å². The molecule has 10 aromatic rings. The van der Waals surface area contributed by atoms with Gasteiger partial charge in [0.25, 0.3) is 0 Å². The summed E-state index contributed by atoms with van der Waals surface area (Å²) in [5, 5.41) is 3.64. The first-order valence-corrected chi connectivity index (χ1v) is 18.7. The molecule has 10 rings (SSSR count). The van der Waals surface area contributed by atoms with Gasteiger partial charge >= 0.3 is 6.18 Å². The van der Waals surface area contributed by atoms with Crippen LogP contribution in [0.25, 0.3) is 93.0 Å². The minimum Gasteiger partial charge on any atom is -0.309 e. The van der Waals surface area contributed by atoms with E-state index in [-0.39, 0.29) is 0 Å². The fourth-order valence-corrected chi connectivity index (χ4v) is 8.58. The van der Waals surface area contributed by atoms with Gasteiger partial charge in [0.15, 0.2) is 17.5 Å². The third-order valence-electron chi connectivity index (χ3n) is 10.1. The number of aryl methyl sites for hydroxylation is 1. The summed E-state index contributed by atoms with van der Waals surface area (Å²) in [7, 11) is 0. The summed E-state index contributed by atoms with van der Waals surface area (Å²) in [6.45, 7) is 1.95. The highest BCUT2D eigenvalue weighted by Gasteiger charge is 2.31. The van der Waals surface area contributed by atoms with Gasteiger partial charge in [-0.15, -0.1) is 11.3 Å². The summed E-state index contributed by atoms with van der Waals surface area (Å²) in [5.41, 5.74) is 6.79. The zero-order valence-electron chi connectivity index (χ0n) is 29.3. The van der Waals surface area contributed by atoms with E-state index in [1.165, 1.54) is 26.2 Å². The molecule has 0 amide bonds. The third-order valence-corrected chi connectivity index (χ3v) is 11.3. The van der Waals surface area contributed by atoms with Crippen molar-refractivity contribution < 1.29 is 13.2 Å². The van der Waals surface area contributed by atoms with Crippen molar-refractivity contribution in [3.8, 4) is 51.0 Å². The second-order valence-corrected chi connectivity index (χ2v) is 14.7. The van der Waals surface area contributed by atoms with Gasteiger partial charge in [0.05, 0.1) is 22.3 Å². The lowest BCUT2D eigenvalue weighted by Gasteiger charge is -2.16. The van der Waals surface area contributed by atoms with E-state index in [1.54, 1.807) is 17.4 Å². The Morgan fingerprint density at radius 3 is 1.76 bits per heavy atom. The summed E-state index contributed by atoms with van der Waals surface area (Å²) in [5.74, 6) is 1.47. The molecule has 8 heteroatoms. The van der Waals surface area contributed by atoms with E-state index >= 15 is 0 Å². The number of hydrogen-bond donors (Lipinski definition) is 0. The lowest BCUT2D eigenvalue weighted by Crippen LogP contribution is -2.05. The molecule has 7 aromatic carbocycles. The number of nitrogens with zero attached hydrogens (tertiary/aromatic N) is 4. The predicted octanol–water partition coefficient (Wildman–Crippen LogP) is 13.3. The maximum Gasteiger partial charge on any atom is 0.416 e.